The molecule has 0 aliphatic carbocycles. The fourth-order valence-electron chi connectivity index (χ4n) is 2.48. The summed E-state index contributed by atoms with van der Waals surface area (Å²) in [6, 6.07) is 2.20. The van der Waals surface area contributed by atoms with E-state index in [0.717, 1.165) is 12.2 Å². The fraction of sp³-hybridized carbons (Fsp3) is 0.667. The number of likely N-dealkylation sites (tertiary alicyclic amines) is 1. The molecule has 2 rings (SSSR count). The maximum Gasteiger partial charge on any atom is 0.310 e. The Balaban J connectivity index is 2.12. The summed E-state index contributed by atoms with van der Waals surface area (Å²) in [6.45, 7) is 5.36. The molecule has 1 fully saturated rings. The highest BCUT2D eigenvalue weighted by Crippen LogP contribution is 2.35. The van der Waals surface area contributed by atoms with Crippen LogP contribution in [-0.4, -0.2) is 38.8 Å². The Kier molecular flexibility index (Phi) is 2.95. The van der Waals surface area contributed by atoms with Crippen molar-refractivity contribution in [3.8, 4) is 0 Å². The minimum Gasteiger partial charge on any atom is -0.481 e. The molecule has 5 heteroatoms. The predicted molar refractivity (Wildman–Crippen MR) is 63.6 cm³/mol. The highest BCUT2D eigenvalue weighted by molar-refractivity contribution is 5.74. The molecule has 0 bridgehead atoms. The highest BCUT2D eigenvalue weighted by Gasteiger charge is 2.42. The van der Waals surface area contributed by atoms with Gasteiger partial charge >= 0.3 is 5.97 Å². The van der Waals surface area contributed by atoms with Gasteiger partial charge in [-0.3, -0.25) is 14.4 Å². The normalized spacial score (nSPS) is 27.2. The summed E-state index contributed by atoms with van der Waals surface area (Å²) in [5.74, 6) is -0.697. The Bertz CT molecular complexity index is 429. The molecule has 0 amide bonds. The quantitative estimate of drug-likeness (QED) is 0.860. The van der Waals surface area contributed by atoms with Gasteiger partial charge in [0.25, 0.3) is 0 Å². The van der Waals surface area contributed by atoms with Gasteiger partial charge in [-0.1, -0.05) is 0 Å². The third-order valence-corrected chi connectivity index (χ3v) is 3.85. The third-order valence-electron chi connectivity index (χ3n) is 3.85. The van der Waals surface area contributed by atoms with Gasteiger partial charge in [-0.2, -0.15) is 5.10 Å². The molecule has 2 heterocycles. The first-order valence-electron chi connectivity index (χ1n) is 5.89. The molecule has 0 saturated carbocycles. The molecule has 1 N–H and O–H groups in total. The zero-order valence-corrected chi connectivity index (χ0v) is 10.6. The number of carboxylic acid groups (broad SMARTS) is 1. The average Bonchev–Trinajstić information content (AvgIpc) is 2.85. The smallest absolute Gasteiger partial charge is 0.310 e. The molecule has 1 aromatic heterocycles. The van der Waals surface area contributed by atoms with Crippen LogP contribution in [0.4, 0.5) is 0 Å². The molecule has 2 atom stereocenters. The lowest BCUT2D eigenvalue weighted by molar-refractivity contribution is -0.147. The maximum absolute atomic E-state index is 11.2. The van der Waals surface area contributed by atoms with Gasteiger partial charge in [0.05, 0.1) is 11.1 Å². The molecular weight excluding hydrogens is 218 g/mol. The molecule has 1 aliphatic rings. The van der Waals surface area contributed by atoms with Crippen LogP contribution in [0.15, 0.2) is 12.3 Å². The van der Waals surface area contributed by atoms with Gasteiger partial charge in [0, 0.05) is 25.8 Å². The average molecular weight is 237 g/mol. The SMILES string of the molecule is CC(c1ccnn1C)N1CCC(C)(C(=O)O)C1. The minimum atomic E-state index is -0.697. The van der Waals surface area contributed by atoms with Crippen molar-refractivity contribution < 1.29 is 9.90 Å². The molecule has 2 unspecified atom stereocenters. The van der Waals surface area contributed by atoms with Crippen LogP contribution in [0.1, 0.15) is 32.0 Å². The number of aromatic nitrogens is 2. The molecule has 17 heavy (non-hydrogen) atoms. The van der Waals surface area contributed by atoms with Crippen LogP contribution in [0.3, 0.4) is 0 Å². The molecule has 1 saturated heterocycles. The number of nitrogens with zero attached hydrogens (tertiary/aromatic N) is 3. The number of hydrogen-bond acceptors (Lipinski definition) is 3. The van der Waals surface area contributed by atoms with E-state index in [0.29, 0.717) is 13.0 Å². The number of rotatable bonds is 3. The summed E-state index contributed by atoms with van der Waals surface area (Å²) in [5, 5.41) is 13.4. The van der Waals surface area contributed by atoms with Gasteiger partial charge in [-0.15, -0.1) is 0 Å². The van der Waals surface area contributed by atoms with Crippen molar-refractivity contribution in [2.24, 2.45) is 12.5 Å². The predicted octanol–water partition coefficient (Wildman–Crippen LogP) is 1.28. The number of aliphatic carboxylic acids is 1. The van der Waals surface area contributed by atoms with Crippen LogP contribution in [0, 0.1) is 5.41 Å². The molecule has 0 aromatic carbocycles. The first-order valence-corrected chi connectivity index (χ1v) is 5.89. The summed E-state index contributed by atoms with van der Waals surface area (Å²) in [6.07, 6.45) is 2.49. The third kappa shape index (κ3) is 2.07. The second-order valence-corrected chi connectivity index (χ2v) is 5.14. The van der Waals surface area contributed by atoms with Crippen LogP contribution in [0.2, 0.25) is 0 Å². The van der Waals surface area contributed by atoms with Gasteiger partial charge in [0.2, 0.25) is 0 Å². The Labute approximate surface area is 101 Å². The van der Waals surface area contributed by atoms with Crippen molar-refractivity contribution in [2.45, 2.75) is 26.3 Å². The Hall–Kier alpha value is -1.36. The van der Waals surface area contributed by atoms with Gasteiger partial charge in [0.1, 0.15) is 0 Å². The van der Waals surface area contributed by atoms with E-state index in [9.17, 15) is 9.90 Å². The van der Waals surface area contributed by atoms with Gasteiger partial charge in [0.15, 0.2) is 0 Å². The van der Waals surface area contributed by atoms with E-state index in [2.05, 4.69) is 16.9 Å². The van der Waals surface area contributed by atoms with Crippen LogP contribution in [-0.2, 0) is 11.8 Å². The molecule has 0 radical (unpaired) electrons. The summed E-state index contributed by atoms with van der Waals surface area (Å²) < 4.78 is 1.85. The van der Waals surface area contributed by atoms with Crippen LogP contribution in [0.5, 0.6) is 0 Å². The molecule has 5 nitrogen and oxygen atoms in total. The van der Waals surface area contributed by atoms with E-state index < -0.39 is 11.4 Å². The topological polar surface area (TPSA) is 58.4 Å². The van der Waals surface area contributed by atoms with E-state index in [-0.39, 0.29) is 6.04 Å². The standard InChI is InChI=1S/C12H19N3O2/c1-9(10-4-6-13-14(10)3)15-7-5-12(2,8-15)11(16)17/h4,6,9H,5,7-8H2,1-3H3,(H,16,17). The summed E-state index contributed by atoms with van der Waals surface area (Å²) in [4.78, 5) is 13.4. The van der Waals surface area contributed by atoms with Crippen molar-refractivity contribution in [1.82, 2.24) is 14.7 Å². The van der Waals surface area contributed by atoms with Crippen molar-refractivity contribution in [1.29, 1.82) is 0 Å². The number of aryl methyl sites for hydroxylation is 1. The zero-order chi connectivity index (χ0) is 12.6. The van der Waals surface area contributed by atoms with E-state index in [4.69, 9.17) is 0 Å². The van der Waals surface area contributed by atoms with E-state index >= 15 is 0 Å². The lowest BCUT2D eigenvalue weighted by Crippen LogP contribution is -2.33. The monoisotopic (exact) mass is 237 g/mol. The second-order valence-electron chi connectivity index (χ2n) is 5.14. The summed E-state index contributed by atoms with van der Waals surface area (Å²) in [5.41, 5.74) is 0.520. The summed E-state index contributed by atoms with van der Waals surface area (Å²) in [7, 11) is 1.91. The van der Waals surface area contributed by atoms with E-state index in [1.807, 2.05) is 24.7 Å². The van der Waals surface area contributed by atoms with Crippen LogP contribution < -0.4 is 0 Å². The molecule has 94 valence electrons. The highest BCUT2D eigenvalue weighted by atomic mass is 16.4. The molecule has 1 aliphatic heterocycles. The lowest BCUT2D eigenvalue weighted by Gasteiger charge is -2.26. The Morgan fingerprint density at radius 1 is 1.65 bits per heavy atom. The number of hydrogen-bond donors (Lipinski definition) is 1. The van der Waals surface area contributed by atoms with Crippen molar-refractivity contribution in [2.75, 3.05) is 13.1 Å². The first-order chi connectivity index (χ1) is 7.94. The van der Waals surface area contributed by atoms with Crippen molar-refractivity contribution in [3.05, 3.63) is 18.0 Å². The number of carboxylic acids is 1. The van der Waals surface area contributed by atoms with E-state index in [1.54, 1.807) is 6.20 Å². The Morgan fingerprint density at radius 2 is 2.35 bits per heavy atom. The molecule has 1 aromatic rings. The largest absolute Gasteiger partial charge is 0.481 e. The zero-order valence-electron chi connectivity index (χ0n) is 10.6. The van der Waals surface area contributed by atoms with Gasteiger partial charge in [-0.05, 0) is 32.9 Å². The number of carbonyl (C=O) groups is 1. The van der Waals surface area contributed by atoms with Gasteiger partial charge in [-0.25, -0.2) is 0 Å². The fourth-order valence-corrected chi connectivity index (χ4v) is 2.48. The molecule has 0 spiro atoms. The Morgan fingerprint density at radius 3 is 2.82 bits per heavy atom. The first kappa shape index (κ1) is 12.1. The van der Waals surface area contributed by atoms with Crippen LogP contribution in [0.25, 0.3) is 0 Å². The van der Waals surface area contributed by atoms with Crippen LogP contribution >= 0.6 is 0 Å². The van der Waals surface area contributed by atoms with Crippen molar-refractivity contribution >= 4 is 5.97 Å². The van der Waals surface area contributed by atoms with E-state index in [1.165, 1.54) is 0 Å². The van der Waals surface area contributed by atoms with Crippen molar-refractivity contribution in [3.63, 3.8) is 0 Å². The second kappa shape index (κ2) is 4.14. The maximum atomic E-state index is 11.2. The summed E-state index contributed by atoms with van der Waals surface area (Å²) >= 11 is 0. The lowest BCUT2D eigenvalue weighted by atomic mass is 9.90. The van der Waals surface area contributed by atoms with Gasteiger partial charge < -0.3 is 5.11 Å². The molecular formula is C12H19N3O2. The minimum absolute atomic E-state index is 0.212.